The van der Waals surface area contributed by atoms with E-state index in [1.54, 1.807) is 6.07 Å². The van der Waals surface area contributed by atoms with Gasteiger partial charge in [0.25, 0.3) is 0 Å². The molecule has 0 radical (unpaired) electrons. The maximum absolute atomic E-state index is 8.93. The zero-order chi connectivity index (χ0) is 10.8. The monoisotopic (exact) mass is 235 g/mol. The summed E-state index contributed by atoms with van der Waals surface area (Å²) in [5.74, 6) is 0. The molecule has 0 aliphatic rings. The van der Waals surface area contributed by atoms with Gasteiger partial charge in [-0.25, -0.2) is 0 Å². The van der Waals surface area contributed by atoms with Gasteiger partial charge in [-0.1, -0.05) is 29.8 Å². The summed E-state index contributed by atoms with van der Waals surface area (Å²) in [6, 6.07) is 9.28. The zero-order valence-corrected chi connectivity index (χ0v) is 9.14. The summed E-state index contributed by atoms with van der Waals surface area (Å²) in [4.78, 5) is 0. The van der Waals surface area contributed by atoms with Crippen molar-refractivity contribution < 1.29 is 0 Å². The average molecular weight is 236 g/mol. The fraction of sp³-hybridized carbons (Fsp3) is 0. The van der Waals surface area contributed by atoms with Crippen LogP contribution in [0.25, 0.3) is 11.3 Å². The quantitative estimate of drug-likeness (QED) is 0.827. The van der Waals surface area contributed by atoms with Crippen LogP contribution in [0.1, 0.15) is 5.56 Å². The lowest BCUT2D eigenvalue weighted by atomic mass is 10.1. The molecule has 5 heteroatoms. The van der Waals surface area contributed by atoms with Crippen molar-refractivity contribution in [3.63, 3.8) is 0 Å². The van der Waals surface area contributed by atoms with Crippen molar-refractivity contribution in [1.82, 2.24) is 4.37 Å². The molecule has 0 spiro atoms. The highest BCUT2D eigenvalue weighted by Crippen LogP contribution is 2.33. The fourth-order valence-electron chi connectivity index (χ4n) is 1.25. The molecule has 0 atom stereocenters. The molecule has 74 valence electrons. The molecule has 0 saturated carbocycles. The van der Waals surface area contributed by atoms with Gasteiger partial charge >= 0.3 is 0 Å². The van der Waals surface area contributed by atoms with Gasteiger partial charge in [-0.3, -0.25) is 0 Å². The highest BCUT2D eigenvalue weighted by atomic mass is 35.5. The SMILES string of the molecule is N#Cc1c(-c2ccccc2Cl)nsc1N. The summed E-state index contributed by atoms with van der Waals surface area (Å²) in [7, 11) is 0. The van der Waals surface area contributed by atoms with E-state index in [1.807, 2.05) is 24.3 Å². The van der Waals surface area contributed by atoms with Crippen LogP contribution in [0.3, 0.4) is 0 Å². The minimum absolute atomic E-state index is 0.396. The number of hydrogen-bond acceptors (Lipinski definition) is 4. The van der Waals surface area contributed by atoms with Crippen molar-refractivity contribution in [3.8, 4) is 17.3 Å². The Kier molecular flexibility index (Phi) is 2.58. The van der Waals surface area contributed by atoms with Crippen LogP contribution >= 0.6 is 23.1 Å². The van der Waals surface area contributed by atoms with Crippen LogP contribution in [0.5, 0.6) is 0 Å². The molecule has 2 N–H and O–H groups in total. The van der Waals surface area contributed by atoms with Crippen molar-refractivity contribution in [3.05, 3.63) is 34.9 Å². The molecule has 0 bridgehead atoms. The number of nitrogen functional groups attached to an aromatic ring is 1. The first-order valence-electron chi connectivity index (χ1n) is 4.14. The molecule has 1 aromatic carbocycles. The molecular weight excluding hydrogens is 230 g/mol. The van der Waals surface area contributed by atoms with Gasteiger partial charge in [-0.05, 0) is 17.6 Å². The molecule has 2 rings (SSSR count). The van der Waals surface area contributed by atoms with Gasteiger partial charge in [0.15, 0.2) is 0 Å². The largest absolute Gasteiger partial charge is 0.388 e. The molecule has 1 heterocycles. The van der Waals surface area contributed by atoms with Crippen molar-refractivity contribution >= 4 is 28.1 Å². The predicted octanol–water partition coefficient (Wildman–Crippen LogP) is 2.92. The number of rotatable bonds is 1. The summed E-state index contributed by atoms with van der Waals surface area (Å²) in [6.07, 6.45) is 0. The van der Waals surface area contributed by atoms with Crippen LogP contribution in [0, 0.1) is 11.3 Å². The summed E-state index contributed by atoms with van der Waals surface area (Å²) < 4.78 is 4.13. The maximum Gasteiger partial charge on any atom is 0.125 e. The highest BCUT2D eigenvalue weighted by molar-refractivity contribution is 7.10. The molecule has 1 aromatic heterocycles. The molecule has 3 nitrogen and oxygen atoms in total. The lowest BCUT2D eigenvalue weighted by Crippen LogP contribution is -1.86. The molecule has 15 heavy (non-hydrogen) atoms. The van der Waals surface area contributed by atoms with Crippen molar-refractivity contribution in [1.29, 1.82) is 5.26 Å². The van der Waals surface area contributed by atoms with Crippen LogP contribution in [-0.2, 0) is 0 Å². The number of nitriles is 1. The third-order valence-electron chi connectivity index (χ3n) is 1.96. The van der Waals surface area contributed by atoms with Crippen LogP contribution < -0.4 is 5.73 Å². The number of halogens is 1. The van der Waals surface area contributed by atoms with Gasteiger partial charge in [0.1, 0.15) is 22.3 Å². The Morgan fingerprint density at radius 1 is 1.40 bits per heavy atom. The number of anilines is 1. The Morgan fingerprint density at radius 2 is 2.13 bits per heavy atom. The molecule has 2 aromatic rings. The topological polar surface area (TPSA) is 62.7 Å². The van der Waals surface area contributed by atoms with Gasteiger partial charge < -0.3 is 5.73 Å². The number of hydrogen-bond donors (Lipinski definition) is 1. The van der Waals surface area contributed by atoms with Gasteiger partial charge in [0.2, 0.25) is 0 Å². The summed E-state index contributed by atoms with van der Waals surface area (Å²) >= 11 is 7.12. The van der Waals surface area contributed by atoms with Gasteiger partial charge in [0, 0.05) is 5.56 Å². The van der Waals surface area contributed by atoms with Crippen molar-refractivity contribution in [2.75, 3.05) is 5.73 Å². The second kappa shape index (κ2) is 3.89. The van der Waals surface area contributed by atoms with Crippen molar-refractivity contribution in [2.24, 2.45) is 0 Å². The first kappa shape index (κ1) is 9.97. The minimum Gasteiger partial charge on any atom is -0.388 e. The van der Waals surface area contributed by atoms with E-state index in [0.29, 0.717) is 21.3 Å². The molecule has 0 amide bonds. The van der Waals surface area contributed by atoms with E-state index < -0.39 is 0 Å². The van der Waals surface area contributed by atoms with Crippen LogP contribution in [0.2, 0.25) is 5.02 Å². The number of nitrogens with zero attached hydrogens (tertiary/aromatic N) is 2. The number of benzene rings is 1. The molecular formula is C10H6ClN3S. The Bertz CT molecular complexity index is 542. The normalized spacial score (nSPS) is 9.87. The van der Waals surface area contributed by atoms with Gasteiger partial charge in [-0.15, -0.1) is 0 Å². The molecule has 0 aliphatic carbocycles. The van der Waals surface area contributed by atoms with E-state index in [4.69, 9.17) is 22.6 Å². The third-order valence-corrected chi connectivity index (χ3v) is 2.96. The van der Waals surface area contributed by atoms with E-state index in [-0.39, 0.29) is 0 Å². The second-order valence-electron chi connectivity index (χ2n) is 2.86. The van der Waals surface area contributed by atoms with E-state index in [9.17, 15) is 0 Å². The summed E-state index contributed by atoms with van der Waals surface area (Å²) in [5.41, 5.74) is 7.33. The fourth-order valence-corrected chi connectivity index (χ4v) is 2.09. The molecule has 0 saturated heterocycles. The summed E-state index contributed by atoms with van der Waals surface area (Å²) in [6.45, 7) is 0. The van der Waals surface area contributed by atoms with Gasteiger partial charge in [0.05, 0.1) is 5.02 Å². The van der Waals surface area contributed by atoms with Crippen molar-refractivity contribution in [2.45, 2.75) is 0 Å². The van der Waals surface area contributed by atoms with Crippen LogP contribution in [-0.4, -0.2) is 4.37 Å². The lowest BCUT2D eigenvalue weighted by Gasteiger charge is -1.99. The number of aromatic nitrogens is 1. The standard InChI is InChI=1S/C10H6ClN3S/c11-8-4-2-1-3-6(8)9-7(5-12)10(13)15-14-9/h1-4H,13H2. The first-order valence-corrected chi connectivity index (χ1v) is 5.29. The van der Waals surface area contributed by atoms with Crippen LogP contribution in [0.15, 0.2) is 24.3 Å². The first-order chi connectivity index (χ1) is 7.24. The Morgan fingerprint density at radius 3 is 2.80 bits per heavy atom. The highest BCUT2D eigenvalue weighted by Gasteiger charge is 2.14. The third kappa shape index (κ3) is 1.67. The van der Waals surface area contributed by atoms with E-state index in [0.717, 1.165) is 17.1 Å². The smallest absolute Gasteiger partial charge is 0.125 e. The maximum atomic E-state index is 8.93. The number of nitrogens with two attached hydrogens (primary N) is 1. The lowest BCUT2D eigenvalue weighted by molar-refractivity contribution is 1.46. The van der Waals surface area contributed by atoms with E-state index in [1.165, 1.54) is 0 Å². The molecule has 0 fully saturated rings. The Hall–Kier alpha value is -1.57. The second-order valence-corrected chi connectivity index (χ2v) is 4.07. The Labute approximate surface area is 95.9 Å². The minimum atomic E-state index is 0.396. The Balaban J connectivity index is 2.66. The zero-order valence-electron chi connectivity index (χ0n) is 7.57. The predicted molar refractivity (Wildman–Crippen MR) is 61.7 cm³/mol. The summed E-state index contributed by atoms with van der Waals surface area (Å²) in [5, 5.41) is 9.93. The van der Waals surface area contributed by atoms with E-state index >= 15 is 0 Å². The molecule has 0 unspecified atom stereocenters. The van der Waals surface area contributed by atoms with E-state index in [2.05, 4.69) is 4.37 Å². The molecule has 0 aliphatic heterocycles. The average Bonchev–Trinajstić information content (AvgIpc) is 2.60. The van der Waals surface area contributed by atoms with Gasteiger partial charge in [-0.2, -0.15) is 9.64 Å². The van der Waals surface area contributed by atoms with Crippen LogP contribution in [0.4, 0.5) is 5.00 Å².